The zero-order valence-electron chi connectivity index (χ0n) is 14.8. The average molecular weight is 345 g/mol. The number of carbonyl (C=O) groups is 1. The molecule has 0 aliphatic carbocycles. The van der Waals surface area contributed by atoms with E-state index in [4.69, 9.17) is 9.63 Å². The molecular weight excluding hydrogens is 322 g/mol. The van der Waals surface area contributed by atoms with Gasteiger partial charge < -0.3 is 14.9 Å². The largest absolute Gasteiger partial charge is 0.480 e. The molecule has 2 aromatic heterocycles. The molecule has 25 heavy (non-hydrogen) atoms. The summed E-state index contributed by atoms with van der Waals surface area (Å²) in [6.07, 6.45) is 1.46. The number of aromatic nitrogens is 3. The molecule has 2 N–H and O–H groups in total. The Bertz CT molecular complexity index is 767. The van der Waals surface area contributed by atoms with E-state index >= 15 is 0 Å². The molecule has 1 aliphatic heterocycles. The van der Waals surface area contributed by atoms with E-state index in [0.29, 0.717) is 25.5 Å². The van der Waals surface area contributed by atoms with Crippen LogP contribution in [0.4, 0.5) is 5.82 Å². The number of anilines is 1. The number of carboxylic acid groups (broad SMARTS) is 1. The molecule has 8 heteroatoms. The van der Waals surface area contributed by atoms with E-state index in [-0.39, 0.29) is 6.54 Å². The number of aliphatic carboxylic acids is 1. The summed E-state index contributed by atoms with van der Waals surface area (Å²) in [5.74, 6) is 1.53. The van der Waals surface area contributed by atoms with Crippen molar-refractivity contribution in [1.82, 2.24) is 20.0 Å². The van der Waals surface area contributed by atoms with E-state index in [1.807, 2.05) is 25.7 Å². The SMILES string of the molecule is Cc1nc2c(c(NCc3c(C)noc3C)n1)CCN(CC(=O)O)CC2. The first-order valence-corrected chi connectivity index (χ1v) is 8.40. The highest BCUT2D eigenvalue weighted by Crippen LogP contribution is 2.23. The number of rotatable bonds is 5. The maximum absolute atomic E-state index is 11.0. The molecule has 0 atom stereocenters. The van der Waals surface area contributed by atoms with Crippen molar-refractivity contribution >= 4 is 11.8 Å². The highest BCUT2D eigenvalue weighted by Gasteiger charge is 2.21. The van der Waals surface area contributed by atoms with Gasteiger partial charge in [-0.3, -0.25) is 9.69 Å². The van der Waals surface area contributed by atoms with Crippen LogP contribution in [0.25, 0.3) is 0 Å². The van der Waals surface area contributed by atoms with Gasteiger partial charge in [0.15, 0.2) is 0 Å². The quantitative estimate of drug-likeness (QED) is 0.840. The standard InChI is InChI=1S/C17H23N5O3/c1-10-14(11(2)25-21-10)8-18-17-13-4-6-22(9-16(23)24)7-5-15(13)19-12(3)20-17/h4-9H2,1-3H3,(H,23,24)(H,18,19,20). The molecule has 0 amide bonds. The summed E-state index contributed by atoms with van der Waals surface area (Å²) in [5, 5.41) is 16.4. The lowest BCUT2D eigenvalue weighted by Crippen LogP contribution is -2.31. The molecule has 0 saturated carbocycles. The second kappa shape index (κ2) is 7.18. The van der Waals surface area contributed by atoms with Gasteiger partial charge in [-0.2, -0.15) is 0 Å². The Morgan fingerprint density at radius 3 is 2.68 bits per heavy atom. The molecule has 3 rings (SSSR count). The van der Waals surface area contributed by atoms with Gasteiger partial charge in [-0.05, 0) is 27.2 Å². The van der Waals surface area contributed by atoms with Crippen LogP contribution in [0.15, 0.2) is 4.52 Å². The molecule has 0 saturated heterocycles. The summed E-state index contributed by atoms with van der Waals surface area (Å²) in [5.41, 5.74) is 3.98. The average Bonchev–Trinajstić information content (AvgIpc) is 2.74. The van der Waals surface area contributed by atoms with Crippen molar-refractivity contribution in [3.8, 4) is 0 Å². The van der Waals surface area contributed by atoms with Crippen LogP contribution in [0.2, 0.25) is 0 Å². The van der Waals surface area contributed by atoms with Crippen LogP contribution in [-0.4, -0.2) is 50.7 Å². The Labute approximate surface area is 146 Å². The third kappa shape index (κ3) is 3.96. The molecule has 0 bridgehead atoms. The summed E-state index contributed by atoms with van der Waals surface area (Å²) >= 11 is 0. The molecule has 0 unspecified atom stereocenters. The molecule has 1 aliphatic rings. The molecule has 134 valence electrons. The molecule has 0 spiro atoms. The van der Waals surface area contributed by atoms with E-state index in [1.165, 1.54) is 0 Å². The number of aryl methyl sites for hydroxylation is 3. The highest BCUT2D eigenvalue weighted by atomic mass is 16.5. The Morgan fingerprint density at radius 2 is 2.00 bits per heavy atom. The molecule has 0 aromatic carbocycles. The summed E-state index contributed by atoms with van der Waals surface area (Å²) in [6, 6.07) is 0. The number of nitrogens with zero attached hydrogens (tertiary/aromatic N) is 4. The summed E-state index contributed by atoms with van der Waals surface area (Å²) in [6.45, 7) is 7.72. The normalized spacial score (nSPS) is 14.8. The van der Waals surface area contributed by atoms with Crippen LogP contribution in [0.3, 0.4) is 0 Å². The minimum absolute atomic E-state index is 0.0578. The van der Waals surface area contributed by atoms with Crippen LogP contribution in [0.1, 0.15) is 34.1 Å². The fourth-order valence-corrected chi connectivity index (χ4v) is 3.19. The zero-order valence-corrected chi connectivity index (χ0v) is 14.8. The smallest absolute Gasteiger partial charge is 0.317 e. The third-order valence-electron chi connectivity index (χ3n) is 4.52. The number of carboxylic acids is 1. The van der Waals surface area contributed by atoms with Gasteiger partial charge in [0, 0.05) is 37.2 Å². The van der Waals surface area contributed by atoms with Crippen molar-refractivity contribution in [2.45, 2.75) is 40.2 Å². The van der Waals surface area contributed by atoms with Crippen molar-refractivity contribution in [3.63, 3.8) is 0 Å². The maximum atomic E-state index is 11.0. The summed E-state index contributed by atoms with van der Waals surface area (Å²) in [4.78, 5) is 22.1. The molecule has 2 aromatic rings. The van der Waals surface area contributed by atoms with E-state index in [0.717, 1.165) is 46.9 Å². The van der Waals surface area contributed by atoms with Gasteiger partial charge in [0.1, 0.15) is 17.4 Å². The second-order valence-electron chi connectivity index (χ2n) is 6.37. The zero-order chi connectivity index (χ0) is 18.0. The Hall–Kier alpha value is -2.48. The lowest BCUT2D eigenvalue weighted by Gasteiger charge is -2.16. The second-order valence-corrected chi connectivity index (χ2v) is 6.37. The number of fused-ring (bicyclic) bond motifs is 1. The van der Waals surface area contributed by atoms with Gasteiger partial charge in [0.05, 0.1) is 17.9 Å². The topological polar surface area (TPSA) is 104 Å². The van der Waals surface area contributed by atoms with Crippen LogP contribution in [0, 0.1) is 20.8 Å². The number of hydrogen-bond donors (Lipinski definition) is 2. The van der Waals surface area contributed by atoms with E-state index in [1.54, 1.807) is 0 Å². The van der Waals surface area contributed by atoms with Gasteiger partial charge in [0.25, 0.3) is 0 Å². The molecule has 3 heterocycles. The lowest BCUT2D eigenvalue weighted by atomic mass is 10.1. The van der Waals surface area contributed by atoms with Crippen molar-refractivity contribution < 1.29 is 14.4 Å². The lowest BCUT2D eigenvalue weighted by molar-refractivity contribution is -0.138. The van der Waals surface area contributed by atoms with Gasteiger partial charge in [0.2, 0.25) is 0 Å². The van der Waals surface area contributed by atoms with Crippen LogP contribution >= 0.6 is 0 Å². The Balaban J connectivity index is 1.80. The van der Waals surface area contributed by atoms with Gasteiger partial charge in [-0.1, -0.05) is 5.16 Å². The van der Waals surface area contributed by atoms with Gasteiger partial charge >= 0.3 is 5.97 Å². The molecule has 8 nitrogen and oxygen atoms in total. The van der Waals surface area contributed by atoms with E-state index in [2.05, 4.69) is 20.4 Å². The van der Waals surface area contributed by atoms with Crippen molar-refractivity contribution in [2.75, 3.05) is 25.0 Å². The number of hydrogen-bond acceptors (Lipinski definition) is 7. The number of nitrogens with one attached hydrogen (secondary N) is 1. The van der Waals surface area contributed by atoms with Crippen LogP contribution < -0.4 is 5.32 Å². The fraction of sp³-hybridized carbons (Fsp3) is 0.529. The van der Waals surface area contributed by atoms with Crippen molar-refractivity contribution in [3.05, 3.63) is 34.1 Å². The third-order valence-corrected chi connectivity index (χ3v) is 4.52. The Morgan fingerprint density at radius 1 is 1.24 bits per heavy atom. The monoisotopic (exact) mass is 345 g/mol. The van der Waals surface area contributed by atoms with Crippen molar-refractivity contribution in [1.29, 1.82) is 0 Å². The fourth-order valence-electron chi connectivity index (χ4n) is 3.19. The first kappa shape index (κ1) is 17.3. The van der Waals surface area contributed by atoms with Crippen molar-refractivity contribution in [2.24, 2.45) is 0 Å². The van der Waals surface area contributed by atoms with Crippen LogP contribution in [0.5, 0.6) is 0 Å². The minimum Gasteiger partial charge on any atom is -0.480 e. The summed E-state index contributed by atoms with van der Waals surface area (Å²) in [7, 11) is 0. The van der Waals surface area contributed by atoms with Crippen LogP contribution in [-0.2, 0) is 24.2 Å². The molecule has 0 radical (unpaired) electrons. The maximum Gasteiger partial charge on any atom is 0.317 e. The Kier molecular flexibility index (Phi) is 4.98. The highest BCUT2D eigenvalue weighted by molar-refractivity contribution is 5.69. The van der Waals surface area contributed by atoms with E-state index in [9.17, 15) is 4.79 Å². The first-order valence-electron chi connectivity index (χ1n) is 8.40. The first-order chi connectivity index (χ1) is 11.9. The molecule has 0 fully saturated rings. The van der Waals surface area contributed by atoms with E-state index < -0.39 is 5.97 Å². The predicted octanol–water partition coefficient (Wildman–Crippen LogP) is 1.49. The molecular formula is C17H23N5O3. The minimum atomic E-state index is -0.801. The predicted molar refractivity (Wildman–Crippen MR) is 91.6 cm³/mol. The summed E-state index contributed by atoms with van der Waals surface area (Å²) < 4.78 is 5.21. The van der Waals surface area contributed by atoms with Gasteiger partial charge in [-0.15, -0.1) is 0 Å². The van der Waals surface area contributed by atoms with Gasteiger partial charge in [-0.25, -0.2) is 9.97 Å².